The summed E-state index contributed by atoms with van der Waals surface area (Å²) in [6, 6.07) is 18.5. The first kappa shape index (κ1) is 22.6. The molecule has 3 aromatic carbocycles. The quantitative estimate of drug-likeness (QED) is 0.431. The second-order valence-electron chi connectivity index (χ2n) is 7.66. The SMILES string of the molecule is COc1cc(/C=C/c2n[nH]c3cc(-c4ccc(S(=O)(=O)N(C)C)cc4)ccc23)cc(OC)c1. The highest BCUT2D eigenvalue weighted by Crippen LogP contribution is 2.28. The average Bonchev–Trinajstić information content (AvgIpc) is 3.24. The van der Waals surface area contributed by atoms with Crippen molar-refractivity contribution >= 4 is 33.1 Å². The molecule has 0 saturated heterocycles. The highest BCUT2D eigenvalue weighted by molar-refractivity contribution is 7.89. The molecular weight excluding hydrogens is 438 g/mol. The zero-order valence-corrected chi connectivity index (χ0v) is 19.7. The fraction of sp³-hybridized carbons (Fsp3) is 0.160. The van der Waals surface area contributed by atoms with E-state index in [1.54, 1.807) is 26.4 Å². The van der Waals surface area contributed by atoms with Crippen LogP contribution in [0.3, 0.4) is 0 Å². The molecule has 0 unspecified atom stereocenters. The minimum absolute atomic E-state index is 0.264. The monoisotopic (exact) mass is 463 g/mol. The Bertz CT molecular complexity index is 1400. The van der Waals surface area contributed by atoms with Gasteiger partial charge >= 0.3 is 0 Å². The minimum atomic E-state index is -3.45. The van der Waals surface area contributed by atoms with Gasteiger partial charge in [0, 0.05) is 25.5 Å². The molecule has 0 aliphatic rings. The smallest absolute Gasteiger partial charge is 0.242 e. The maximum absolute atomic E-state index is 12.3. The number of hydrogen-bond donors (Lipinski definition) is 1. The Kier molecular flexibility index (Phi) is 6.22. The van der Waals surface area contributed by atoms with Crippen molar-refractivity contribution in [3.8, 4) is 22.6 Å². The molecule has 0 bridgehead atoms. The van der Waals surface area contributed by atoms with Crippen LogP contribution < -0.4 is 9.47 Å². The number of nitrogens with zero attached hydrogens (tertiary/aromatic N) is 2. The largest absolute Gasteiger partial charge is 0.497 e. The van der Waals surface area contributed by atoms with Crippen LogP contribution in [-0.4, -0.2) is 51.2 Å². The summed E-state index contributed by atoms with van der Waals surface area (Å²) < 4.78 is 36.4. The zero-order chi connectivity index (χ0) is 23.6. The molecule has 0 aliphatic heterocycles. The van der Waals surface area contributed by atoms with Crippen LogP contribution in [0, 0.1) is 0 Å². The van der Waals surface area contributed by atoms with E-state index >= 15 is 0 Å². The summed E-state index contributed by atoms with van der Waals surface area (Å²) in [5, 5.41) is 8.50. The summed E-state index contributed by atoms with van der Waals surface area (Å²) in [7, 11) is 2.83. The number of rotatable bonds is 7. The molecule has 170 valence electrons. The van der Waals surface area contributed by atoms with Crippen LogP contribution in [0.2, 0.25) is 0 Å². The summed E-state index contributed by atoms with van der Waals surface area (Å²) in [5.41, 5.74) is 4.52. The van der Waals surface area contributed by atoms with Gasteiger partial charge < -0.3 is 9.47 Å². The second-order valence-corrected chi connectivity index (χ2v) is 9.81. The Hall–Kier alpha value is -3.62. The van der Waals surface area contributed by atoms with Gasteiger partial charge in [-0.05, 0) is 59.2 Å². The van der Waals surface area contributed by atoms with E-state index in [0.29, 0.717) is 0 Å². The standard InChI is InChI=1S/C25H25N3O4S/c1-28(2)33(29,30)22-9-6-18(7-10-22)19-8-11-23-24(26-27-25(23)15-19)12-5-17-13-20(31-3)16-21(14-17)32-4/h5-16H,1-4H3,(H,26,27)/b12-5+. The highest BCUT2D eigenvalue weighted by Gasteiger charge is 2.16. The van der Waals surface area contributed by atoms with E-state index in [9.17, 15) is 8.42 Å². The third-order valence-electron chi connectivity index (χ3n) is 5.37. The van der Waals surface area contributed by atoms with Gasteiger partial charge in [0.15, 0.2) is 0 Å². The van der Waals surface area contributed by atoms with Crippen LogP contribution in [0.1, 0.15) is 11.3 Å². The molecule has 8 heteroatoms. The van der Waals surface area contributed by atoms with Crippen molar-refractivity contribution in [2.45, 2.75) is 4.90 Å². The van der Waals surface area contributed by atoms with Gasteiger partial charge in [-0.25, -0.2) is 12.7 Å². The van der Waals surface area contributed by atoms with Crippen molar-refractivity contribution in [1.29, 1.82) is 0 Å². The minimum Gasteiger partial charge on any atom is -0.497 e. The number of nitrogens with one attached hydrogen (secondary N) is 1. The van der Waals surface area contributed by atoms with E-state index in [1.807, 2.05) is 60.7 Å². The molecule has 0 saturated carbocycles. The summed E-state index contributed by atoms with van der Waals surface area (Å²) in [6.45, 7) is 0. The van der Waals surface area contributed by atoms with Crippen molar-refractivity contribution in [3.63, 3.8) is 0 Å². The molecule has 33 heavy (non-hydrogen) atoms. The van der Waals surface area contributed by atoms with Crippen molar-refractivity contribution in [2.75, 3.05) is 28.3 Å². The van der Waals surface area contributed by atoms with E-state index in [4.69, 9.17) is 9.47 Å². The summed E-state index contributed by atoms with van der Waals surface area (Å²) >= 11 is 0. The topological polar surface area (TPSA) is 84.5 Å². The number of ether oxygens (including phenoxy) is 2. The Balaban J connectivity index is 1.61. The van der Waals surface area contributed by atoms with E-state index in [1.165, 1.54) is 18.4 Å². The summed E-state index contributed by atoms with van der Waals surface area (Å²) in [4.78, 5) is 0.264. The van der Waals surface area contributed by atoms with Crippen molar-refractivity contribution in [1.82, 2.24) is 14.5 Å². The third-order valence-corrected chi connectivity index (χ3v) is 7.20. The molecule has 1 N–H and O–H groups in total. The van der Waals surface area contributed by atoms with E-state index in [2.05, 4.69) is 10.2 Å². The van der Waals surface area contributed by atoms with E-state index < -0.39 is 10.0 Å². The Morgan fingerprint density at radius 3 is 2.09 bits per heavy atom. The van der Waals surface area contributed by atoms with Crippen LogP contribution >= 0.6 is 0 Å². The van der Waals surface area contributed by atoms with Crippen molar-refractivity contribution in [2.24, 2.45) is 0 Å². The van der Waals surface area contributed by atoms with Gasteiger partial charge in [-0.2, -0.15) is 5.10 Å². The lowest BCUT2D eigenvalue weighted by Crippen LogP contribution is -2.22. The van der Waals surface area contributed by atoms with Gasteiger partial charge in [-0.3, -0.25) is 5.10 Å². The Labute approximate surface area is 193 Å². The molecule has 0 spiro atoms. The maximum Gasteiger partial charge on any atom is 0.242 e. The second kappa shape index (κ2) is 9.09. The van der Waals surface area contributed by atoms with Crippen molar-refractivity contribution in [3.05, 3.63) is 71.9 Å². The number of hydrogen-bond acceptors (Lipinski definition) is 5. The highest BCUT2D eigenvalue weighted by atomic mass is 32.2. The number of H-pyrrole nitrogens is 1. The number of aromatic nitrogens is 2. The lowest BCUT2D eigenvalue weighted by molar-refractivity contribution is 0.394. The first-order valence-corrected chi connectivity index (χ1v) is 11.7. The molecule has 0 radical (unpaired) electrons. The maximum atomic E-state index is 12.3. The van der Waals surface area contributed by atoms with Crippen LogP contribution in [0.4, 0.5) is 0 Å². The molecule has 0 atom stereocenters. The third kappa shape index (κ3) is 4.62. The molecule has 7 nitrogen and oxygen atoms in total. The first-order chi connectivity index (χ1) is 15.8. The summed E-state index contributed by atoms with van der Waals surface area (Å²) in [5.74, 6) is 1.44. The average molecular weight is 464 g/mol. The molecule has 1 aromatic heterocycles. The molecular formula is C25H25N3O4S. The van der Waals surface area contributed by atoms with Gasteiger partial charge in [-0.15, -0.1) is 0 Å². The predicted molar refractivity (Wildman–Crippen MR) is 131 cm³/mol. The number of aromatic amines is 1. The van der Waals surface area contributed by atoms with E-state index in [0.717, 1.165) is 44.8 Å². The molecule has 4 aromatic rings. The van der Waals surface area contributed by atoms with Crippen molar-refractivity contribution < 1.29 is 17.9 Å². The lowest BCUT2D eigenvalue weighted by atomic mass is 10.0. The van der Waals surface area contributed by atoms with Crippen LogP contribution in [0.25, 0.3) is 34.2 Å². The molecule has 4 rings (SSSR count). The van der Waals surface area contributed by atoms with Crippen LogP contribution in [0.15, 0.2) is 65.6 Å². The van der Waals surface area contributed by atoms with Crippen LogP contribution in [0.5, 0.6) is 11.5 Å². The molecule has 0 aliphatic carbocycles. The summed E-state index contributed by atoms with van der Waals surface area (Å²) in [6.07, 6.45) is 3.89. The number of fused-ring (bicyclic) bond motifs is 1. The number of benzene rings is 3. The number of methoxy groups -OCH3 is 2. The predicted octanol–water partition coefficient (Wildman–Crippen LogP) is 4.67. The van der Waals surface area contributed by atoms with Gasteiger partial charge in [0.2, 0.25) is 10.0 Å². The Morgan fingerprint density at radius 2 is 1.48 bits per heavy atom. The Morgan fingerprint density at radius 1 is 0.848 bits per heavy atom. The number of sulfonamides is 1. The lowest BCUT2D eigenvalue weighted by Gasteiger charge is -2.11. The normalized spacial score (nSPS) is 12.0. The first-order valence-electron chi connectivity index (χ1n) is 10.2. The van der Waals surface area contributed by atoms with Gasteiger partial charge in [0.25, 0.3) is 0 Å². The molecule has 0 amide bonds. The fourth-order valence-electron chi connectivity index (χ4n) is 3.48. The van der Waals surface area contributed by atoms with Gasteiger partial charge in [0.05, 0.1) is 30.3 Å². The van der Waals surface area contributed by atoms with Gasteiger partial charge in [-0.1, -0.05) is 24.3 Å². The van der Waals surface area contributed by atoms with Gasteiger partial charge in [0.1, 0.15) is 11.5 Å². The zero-order valence-electron chi connectivity index (χ0n) is 18.9. The van der Waals surface area contributed by atoms with Crippen LogP contribution in [-0.2, 0) is 10.0 Å². The molecule has 0 fully saturated rings. The molecule has 1 heterocycles. The fourth-order valence-corrected chi connectivity index (χ4v) is 4.38. The van der Waals surface area contributed by atoms with E-state index in [-0.39, 0.29) is 4.90 Å².